The van der Waals surface area contributed by atoms with Crippen LogP contribution in [0.25, 0.3) is 0 Å². The molecule has 1 aromatic rings. The van der Waals surface area contributed by atoms with E-state index in [1.807, 2.05) is 18.4 Å². The topological polar surface area (TPSA) is 29.1 Å². The highest BCUT2D eigenvalue weighted by atomic mass is 35.5. The summed E-state index contributed by atoms with van der Waals surface area (Å²) in [5.74, 6) is 0.495. The lowest BCUT2D eigenvalue weighted by Gasteiger charge is -2.14. The molecule has 1 fully saturated rings. The monoisotopic (exact) mass is 257 g/mol. The standard InChI is InChI=1S/C12H16ClNOS/c1-8-5-6-16-11(8)12(15)14-7-9-3-2-4-10(9)13/h5-6,9-10H,2-4,7H2,1H3,(H,14,15). The number of hydrogen-bond acceptors (Lipinski definition) is 2. The quantitative estimate of drug-likeness (QED) is 0.828. The highest BCUT2D eigenvalue weighted by Crippen LogP contribution is 2.29. The number of halogens is 1. The molecule has 2 nitrogen and oxygen atoms in total. The number of rotatable bonds is 3. The van der Waals surface area contributed by atoms with Crippen molar-refractivity contribution in [2.24, 2.45) is 5.92 Å². The first kappa shape index (κ1) is 11.9. The molecule has 1 heterocycles. The Hall–Kier alpha value is -0.540. The van der Waals surface area contributed by atoms with Crippen LogP contribution in [0.1, 0.15) is 34.5 Å². The molecule has 88 valence electrons. The number of aryl methyl sites for hydroxylation is 1. The first-order valence-electron chi connectivity index (χ1n) is 5.65. The van der Waals surface area contributed by atoms with E-state index >= 15 is 0 Å². The van der Waals surface area contributed by atoms with Gasteiger partial charge in [-0.05, 0) is 42.7 Å². The number of carbonyl (C=O) groups excluding carboxylic acids is 1. The van der Waals surface area contributed by atoms with Crippen LogP contribution in [-0.2, 0) is 0 Å². The summed E-state index contributed by atoms with van der Waals surface area (Å²) < 4.78 is 0. The van der Waals surface area contributed by atoms with Crippen LogP contribution in [0.5, 0.6) is 0 Å². The van der Waals surface area contributed by atoms with Gasteiger partial charge in [-0.2, -0.15) is 0 Å². The molecule has 0 aliphatic heterocycles. The summed E-state index contributed by atoms with van der Waals surface area (Å²) in [4.78, 5) is 12.7. The SMILES string of the molecule is Cc1ccsc1C(=O)NCC1CCCC1Cl. The molecule has 1 aliphatic carbocycles. The average Bonchev–Trinajstić information content (AvgIpc) is 2.84. The third-order valence-electron chi connectivity index (χ3n) is 3.16. The van der Waals surface area contributed by atoms with Gasteiger partial charge in [0.2, 0.25) is 0 Å². The van der Waals surface area contributed by atoms with Crippen molar-refractivity contribution in [3.63, 3.8) is 0 Å². The Morgan fingerprint density at radius 1 is 1.62 bits per heavy atom. The molecule has 1 amide bonds. The van der Waals surface area contributed by atoms with Crippen LogP contribution in [-0.4, -0.2) is 17.8 Å². The van der Waals surface area contributed by atoms with Gasteiger partial charge in [-0.15, -0.1) is 22.9 Å². The van der Waals surface area contributed by atoms with Gasteiger partial charge in [0.1, 0.15) is 0 Å². The van der Waals surface area contributed by atoms with E-state index < -0.39 is 0 Å². The second kappa shape index (κ2) is 5.19. The van der Waals surface area contributed by atoms with Gasteiger partial charge in [-0.25, -0.2) is 0 Å². The lowest BCUT2D eigenvalue weighted by Crippen LogP contribution is -2.30. The molecule has 0 saturated heterocycles. The normalized spacial score (nSPS) is 24.6. The van der Waals surface area contributed by atoms with Gasteiger partial charge in [-0.1, -0.05) is 6.42 Å². The van der Waals surface area contributed by atoms with Crippen molar-refractivity contribution < 1.29 is 4.79 Å². The molecule has 2 unspecified atom stereocenters. The molecule has 4 heteroatoms. The fourth-order valence-electron chi connectivity index (χ4n) is 2.13. The molecule has 2 rings (SSSR count). The fourth-order valence-corrected chi connectivity index (χ4v) is 3.34. The Morgan fingerprint density at radius 2 is 2.44 bits per heavy atom. The summed E-state index contributed by atoms with van der Waals surface area (Å²) in [5.41, 5.74) is 1.05. The summed E-state index contributed by atoms with van der Waals surface area (Å²) >= 11 is 7.67. The summed E-state index contributed by atoms with van der Waals surface area (Å²) in [5, 5.41) is 5.17. The van der Waals surface area contributed by atoms with Crippen molar-refractivity contribution in [3.8, 4) is 0 Å². The Morgan fingerprint density at radius 3 is 3.00 bits per heavy atom. The second-order valence-electron chi connectivity index (χ2n) is 4.35. The third kappa shape index (κ3) is 2.58. The van der Waals surface area contributed by atoms with E-state index in [0.29, 0.717) is 12.5 Å². The van der Waals surface area contributed by atoms with Crippen LogP contribution in [0.15, 0.2) is 11.4 Å². The maximum atomic E-state index is 11.8. The minimum Gasteiger partial charge on any atom is -0.351 e. The molecular formula is C12H16ClNOS. The van der Waals surface area contributed by atoms with Gasteiger partial charge in [0.25, 0.3) is 5.91 Å². The highest BCUT2D eigenvalue weighted by molar-refractivity contribution is 7.12. The lowest BCUT2D eigenvalue weighted by molar-refractivity contribution is 0.0951. The molecule has 0 bridgehead atoms. The van der Waals surface area contributed by atoms with Crippen LogP contribution in [0.4, 0.5) is 0 Å². The molecule has 1 saturated carbocycles. The van der Waals surface area contributed by atoms with Gasteiger partial charge < -0.3 is 5.32 Å². The summed E-state index contributed by atoms with van der Waals surface area (Å²) in [6.45, 7) is 2.68. The number of carbonyl (C=O) groups is 1. The number of alkyl halides is 1. The van der Waals surface area contributed by atoms with Gasteiger partial charge in [0, 0.05) is 11.9 Å². The van der Waals surface area contributed by atoms with Gasteiger partial charge in [0.15, 0.2) is 0 Å². The van der Waals surface area contributed by atoms with E-state index in [1.165, 1.54) is 17.8 Å². The van der Waals surface area contributed by atoms with Crippen molar-refractivity contribution in [3.05, 3.63) is 21.9 Å². The molecule has 0 aromatic carbocycles. The molecule has 16 heavy (non-hydrogen) atoms. The molecular weight excluding hydrogens is 242 g/mol. The first-order chi connectivity index (χ1) is 7.68. The smallest absolute Gasteiger partial charge is 0.261 e. The number of nitrogens with one attached hydrogen (secondary N) is 1. The second-order valence-corrected chi connectivity index (χ2v) is 5.83. The van der Waals surface area contributed by atoms with Crippen molar-refractivity contribution in [2.75, 3.05) is 6.54 Å². The van der Waals surface area contributed by atoms with Crippen molar-refractivity contribution in [1.29, 1.82) is 0 Å². The molecule has 1 N–H and O–H groups in total. The Kier molecular flexibility index (Phi) is 3.87. The van der Waals surface area contributed by atoms with Crippen LogP contribution in [0.2, 0.25) is 0 Å². The minimum atomic E-state index is 0.0447. The fraction of sp³-hybridized carbons (Fsp3) is 0.583. The molecule has 0 radical (unpaired) electrons. The van der Waals surface area contributed by atoms with E-state index in [9.17, 15) is 4.79 Å². The molecule has 2 atom stereocenters. The zero-order chi connectivity index (χ0) is 11.5. The average molecular weight is 258 g/mol. The number of amides is 1. The maximum absolute atomic E-state index is 11.8. The van der Waals surface area contributed by atoms with Gasteiger partial charge >= 0.3 is 0 Å². The summed E-state index contributed by atoms with van der Waals surface area (Å²) in [6, 6.07) is 1.97. The molecule has 0 spiro atoms. The Bertz CT molecular complexity index is 377. The van der Waals surface area contributed by atoms with Crippen molar-refractivity contribution in [1.82, 2.24) is 5.32 Å². The number of hydrogen-bond donors (Lipinski definition) is 1. The number of thiophene rings is 1. The minimum absolute atomic E-state index is 0.0447. The summed E-state index contributed by atoms with van der Waals surface area (Å²) in [7, 11) is 0. The van der Waals surface area contributed by atoms with E-state index in [2.05, 4.69) is 5.32 Å². The van der Waals surface area contributed by atoms with Crippen LogP contribution < -0.4 is 5.32 Å². The largest absolute Gasteiger partial charge is 0.351 e. The van der Waals surface area contributed by atoms with Crippen LogP contribution in [0.3, 0.4) is 0 Å². The van der Waals surface area contributed by atoms with Crippen LogP contribution in [0, 0.1) is 12.8 Å². The predicted molar refractivity (Wildman–Crippen MR) is 68.4 cm³/mol. The maximum Gasteiger partial charge on any atom is 0.261 e. The summed E-state index contributed by atoms with van der Waals surface area (Å²) in [6.07, 6.45) is 3.41. The van der Waals surface area contributed by atoms with Crippen molar-refractivity contribution >= 4 is 28.8 Å². The van der Waals surface area contributed by atoms with E-state index in [-0.39, 0.29) is 11.3 Å². The van der Waals surface area contributed by atoms with E-state index in [4.69, 9.17) is 11.6 Å². The Labute approximate surface area is 105 Å². The third-order valence-corrected chi connectivity index (χ3v) is 4.75. The van der Waals surface area contributed by atoms with E-state index in [0.717, 1.165) is 23.3 Å². The first-order valence-corrected chi connectivity index (χ1v) is 6.96. The van der Waals surface area contributed by atoms with Gasteiger partial charge in [-0.3, -0.25) is 4.79 Å². The van der Waals surface area contributed by atoms with Crippen molar-refractivity contribution in [2.45, 2.75) is 31.6 Å². The van der Waals surface area contributed by atoms with Crippen LogP contribution >= 0.6 is 22.9 Å². The lowest BCUT2D eigenvalue weighted by atomic mass is 10.1. The zero-order valence-electron chi connectivity index (χ0n) is 9.33. The molecule has 1 aromatic heterocycles. The van der Waals surface area contributed by atoms with E-state index in [1.54, 1.807) is 0 Å². The predicted octanol–water partition coefficient (Wildman–Crippen LogP) is 3.19. The Balaban J connectivity index is 1.86. The zero-order valence-corrected chi connectivity index (χ0v) is 10.9. The highest BCUT2D eigenvalue weighted by Gasteiger charge is 2.25. The van der Waals surface area contributed by atoms with Gasteiger partial charge in [0.05, 0.1) is 4.88 Å². The molecule has 1 aliphatic rings.